The highest BCUT2D eigenvalue weighted by atomic mass is 16.3. The molecule has 1 aliphatic carbocycles. The minimum atomic E-state index is 0.0981. The van der Waals surface area contributed by atoms with Gasteiger partial charge in [-0.25, -0.2) is 0 Å². The summed E-state index contributed by atoms with van der Waals surface area (Å²) < 4.78 is 0. The molecule has 0 spiro atoms. The molecule has 1 aromatic rings. The molecule has 1 aliphatic rings. The summed E-state index contributed by atoms with van der Waals surface area (Å²) >= 11 is 0. The molecule has 0 radical (unpaired) electrons. The maximum Gasteiger partial charge on any atom is 0.0558 e. The fourth-order valence-corrected chi connectivity index (χ4v) is 3.22. The van der Waals surface area contributed by atoms with Gasteiger partial charge in [0.1, 0.15) is 0 Å². The average molecular weight is 276 g/mol. The molecule has 0 saturated heterocycles. The zero-order chi connectivity index (χ0) is 14.2. The van der Waals surface area contributed by atoms with Gasteiger partial charge in [-0.15, -0.1) is 0 Å². The standard InChI is InChI=1S/C17H28N2O/c18-17(15-7-3-1-4-8-15)11-12-19(13-14-20)16-9-5-2-6-10-16/h1,3-4,7-8,16-17,20H,2,5-6,9-14,18H2. The van der Waals surface area contributed by atoms with Gasteiger partial charge < -0.3 is 10.8 Å². The molecular weight excluding hydrogens is 248 g/mol. The lowest BCUT2D eigenvalue weighted by Crippen LogP contribution is -2.40. The second kappa shape index (κ2) is 8.40. The summed E-state index contributed by atoms with van der Waals surface area (Å²) in [6, 6.07) is 11.1. The van der Waals surface area contributed by atoms with Crippen LogP contribution < -0.4 is 5.73 Å². The molecule has 112 valence electrons. The molecule has 1 saturated carbocycles. The maximum atomic E-state index is 9.28. The molecule has 0 heterocycles. The van der Waals surface area contributed by atoms with Crippen molar-refractivity contribution in [1.82, 2.24) is 4.90 Å². The first-order chi connectivity index (χ1) is 9.81. The van der Waals surface area contributed by atoms with Crippen LogP contribution in [0.15, 0.2) is 30.3 Å². The van der Waals surface area contributed by atoms with Crippen molar-refractivity contribution in [1.29, 1.82) is 0 Å². The van der Waals surface area contributed by atoms with Crippen molar-refractivity contribution in [2.24, 2.45) is 5.73 Å². The molecule has 1 atom stereocenters. The fraction of sp³-hybridized carbons (Fsp3) is 0.647. The van der Waals surface area contributed by atoms with E-state index in [0.717, 1.165) is 19.5 Å². The van der Waals surface area contributed by atoms with Gasteiger partial charge in [0.15, 0.2) is 0 Å². The Bertz CT molecular complexity index is 363. The lowest BCUT2D eigenvalue weighted by Gasteiger charge is -2.34. The molecule has 0 aliphatic heterocycles. The Kier molecular flexibility index (Phi) is 6.51. The van der Waals surface area contributed by atoms with Crippen molar-refractivity contribution in [3.63, 3.8) is 0 Å². The van der Waals surface area contributed by atoms with Crippen LogP contribution in [0.4, 0.5) is 0 Å². The smallest absolute Gasteiger partial charge is 0.0558 e. The van der Waals surface area contributed by atoms with Crippen LogP contribution >= 0.6 is 0 Å². The van der Waals surface area contributed by atoms with Gasteiger partial charge in [0, 0.05) is 25.2 Å². The molecule has 0 bridgehead atoms. The van der Waals surface area contributed by atoms with E-state index in [9.17, 15) is 5.11 Å². The van der Waals surface area contributed by atoms with E-state index in [2.05, 4.69) is 17.0 Å². The largest absolute Gasteiger partial charge is 0.395 e. The van der Waals surface area contributed by atoms with Crippen LogP contribution in [0.1, 0.15) is 50.1 Å². The summed E-state index contributed by atoms with van der Waals surface area (Å²) in [5.41, 5.74) is 7.49. The van der Waals surface area contributed by atoms with Crippen molar-refractivity contribution in [2.45, 2.75) is 50.6 Å². The van der Waals surface area contributed by atoms with Crippen molar-refractivity contribution in [2.75, 3.05) is 19.7 Å². The first-order valence-electron chi connectivity index (χ1n) is 7.96. The van der Waals surface area contributed by atoms with Crippen LogP contribution in [0.3, 0.4) is 0 Å². The first kappa shape index (κ1) is 15.5. The topological polar surface area (TPSA) is 49.5 Å². The number of aliphatic hydroxyl groups is 1. The molecule has 3 nitrogen and oxygen atoms in total. The SMILES string of the molecule is NC(CCN(CCO)C1CCCCC1)c1ccccc1. The number of benzene rings is 1. The predicted molar refractivity (Wildman–Crippen MR) is 83.5 cm³/mol. The molecule has 3 heteroatoms. The highest BCUT2D eigenvalue weighted by molar-refractivity contribution is 5.18. The summed E-state index contributed by atoms with van der Waals surface area (Å²) in [7, 11) is 0. The lowest BCUT2D eigenvalue weighted by molar-refractivity contribution is 0.120. The summed E-state index contributed by atoms with van der Waals surface area (Å²) in [6.07, 6.45) is 7.54. The molecule has 2 rings (SSSR count). The third-order valence-corrected chi connectivity index (χ3v) is 4.43. The Hall–Kier alpha value is -0.900. The molecule has 1 aromatic carbocycles. The highest BCUT2D eigenvalue weighted by Crippen LogP contribution is 2.23. The normalized spacial score (nSPS) is 18.4. The van der Waals surface area contributed by atoms with Gasteiger partial charge in [0.05, 0.1) is 6.61 Å². The van der Waals surface area contributed by atoms with Gasteiger partial charge in [-0.2, -0.15) is 0 Å². The van der Waals surface area contributed by atoms with E-state index < -0.39 is 0 Å². The number of hydrogen-bond donors (Lipinski definition) is 2. The summed E-state index contributed by atoms with van der Waals surface area (Å²) in [6.45, 7) is 2.02. The van der Waals surface area contributed by atoms with Gasteiger partial charge >= 0.3 is 0 Å². The van der Waals surface area contributed by atoms with Gasteiger partial charge in [-0.3, -0.25) is 4.90 Å². The van der Waals surface area contributed by atoms with Gasteiger partial charge in [-0.1, -0.05) is 49.6 Å². The monoisotopic (exact) mass is 276 g/mol. The lowest BCUT2D eigenvalue weighted by atomic mass is 9.93. The van der Waals surface area contributed by atoms with Crippen LogP contribution in [-0.4, -0.2) is 35.7 Å². The Balaban J connectivity index is 1.85. The molecular formula is C17H28N2O. The Labute approximate surface area is 122 Å². The van der Waals surface area contributed by atoms with Gasteiger partial charge in [0.25, 0.3) is 0 Å². The van der Waals surface area contributed by atoms with E-state index in [0.29, 0.717) is 6.04 Å². The molecule has 20 heavy (non-hydrogen) atoms. The van der Waals surface area contributed by atoms with E-state index in [-0.39, 0.29) is 12.6 Å². The Morgan fingerprint density at radius 2 is 1.80 bits per heavy atom. The van der Waals surface area contributed by atoms with Crippen LogP contribution in [0.2, 0.25) is 0 Å². The molecule has 0 amide bonds. The minimum absolute atomic E-state index is 0.0981. The molecule has 3 N–H and O–H groups in total. The van der Waals surface area contributed by atoms with Gasteiger partial charge in [-0.05, 0) is 24.8 Å². The van der Waals surface area contributed by atoms with E-state index >= 15 is 0 Å². The number of rotatable bonds is 7. The molecule has 1 unspecified atom stereocenters. The van der Waals surface area contributed by atoms with Crippen LogP contribution in [0.25, 0.3) is 0 Å². The zero-order valence-electron chi connectivity index (χ0n) is 12.4. The van der Waals surface area contributed by atoms with Crippen molar-refractivity contribution >= 4 is 0 Å². The van der Waals surface area contributed by atoms with Gasteiger partial charge in [0.2, 0.25) is 0 Å². The molecule has 0 aromatic heterocycles. The summed E-state index contributed by atoms with van der Waals surface area (Å²) in [4.78, 5) is 2.45. The second-order valence-electron chi connectivity index (χ2n) is 5.86. The average Bonchev–Trinajstić information content (AvgIpc) is 2.53. The van der Waals surface area contributed by atoms with Crippen LogP contribution in [-0.2, 0) is 0 Å². The number of hydrogen-bond acceptors (Lipinski definition) is 3. The third kappa shape index (κ3) is 4.58. The van der Waals surface area contributed by atoms with Crippen molar-refractivity contribution in [3.8, 4) is 0 Å². The van der Waals surface area contributed by atoms with Crippen molar-refractivity contribution < 1.29 is 5.11 Å². The first-order valence-corrected chi connectivity index (χ1v) is 7.96. The van der Waals surface area contributed by atoms with E-state index in [4.69, 9.17) is 5.73 Å². The Morgan fingerprint density at radius 3 is 2.45 bits per heavy atom. The van der Waals surface area contributed by atoms with E-state index in [1.807, 2.05) is 18.2 Å². The quantitative estimate of drug-likeness (QED) is 0.805. The van der Waals surface area contributed by atoms with E-state index in [1.165, 1.54) is 37.7 Å². The van der Waals surface area contributed by atoms with Crippen LogP contribution in [0.5, 0.6) is 0 Å². The van der Waals surface area contributed by atoms with Crippen molar-refractivity contribution in [3.05, 3.63) is 35.9 Å². The number of nitrogens with two attached hydrogens (primary N) is 1. The highest BCUT2D eigenvalue weighted by Gasteiger charge is 2.21. The molecule has 1 fully saturated rings. The fourth-order valence-electron chi connectivity index (χ4n) is 3.22. The summed E-state index contributed by atoms with van der Waals surface area (Å²) in [5.74, 6) is 0. The predicted octanol–water partition coefficient (Wildman–Crippen LogP) is 2.70. The number of aliphatic hydroxyl groups excluding tert-OH is 1. The third-order valence-electron chi connectivity index (χ3n) is 4.43. The number of nitrogens with zero attached hydrogens (tertiary/aromatic N) is 1. The second-order valence-corrected chi connectivity index (χ2v) is 5.86. The maximum absolute atomic E-state index is 9.28. The minimum Gasteiger partial charge on any atom is -0.395 e. The Morgan fingerprint density at radius 1 is 1.10 bits per heavy atom. The van der Waals surface area contributed by atoms with E-state index in [1.54, 1.807) is 0 Å². The van der Waals surface area contributed by atoms with Crippen LogP contribution in [0, 0.1) is 0 Å². The zero-order valence-corrected chi connectivity index (χ0v) is 12.4. The summed E-state index contributed by atoms with van der Waals surface area (Å²) in [5, 5.41) is 9.28.